The minimum Gasteiger partial charge on any atom is -0.384 e. The summed E-state index contributed by atoms with van der Waals surface area (Å²) in [5, 5.41) is 4.48. The zero-order valence-corrected chi connectivity index (χ0v) is 12.9. The average molecular weight is 284 g/mol. The van der Waals surface area contributed by atoms with E-state index in [2.05, 4.69) is 41.3 Å². The first kappa shape index (κ1) is 14.1. The third kappa shape index (κ3) is 3.10. The Hall–Kier alpha value is -1.81. The van der Waals surface area contributed by atoms with Crippen molar-refractivity contribution in [2.45, 2.75) is 25.2 Å². The van der Waals surface area contributed by atoms with Gasteiger partial charge in [0.15, 0.2) is 0 Å². The second-order valence-electron chi connectivity index (χ2n) is 6.13. The minimum absolute atomic E-state index is 0.663. The van der Waals surface area contributed by atoms with Crippen molar-refractivity contribution in [1.82, 2.24) is 14.7 Å². The van der Waals surface area contributed by atoms with Crippen molar-refractivity contribution in [2.75, 3.05) is 25.9 Å². The van der Waals surface area contributed by atoms with E-state index in [0.717, 1.165) is 11.3 Å². The van der Waals surface area contributed by atoms with Gasteiger partial charge in [-0.2, -0.15) is 5.10 Å². The Balaban J connectivity index is 1.85. The summed E-state index contributed by atoms with van der Waals surface area (Å²) in [5.74, 6) is 1.36. The lowest BCUT2D eigenvalue weighted by atomic mass is 9.90. The molecule has 1 unspecified atom stereocenters. The van der Waals surface area contributed by atoms with E-state index in [1.807, 2.05) is 13.1 Å². The van der Waals surface area contributed by atoms with Crippen LogP contribution in [-0.2, 0) is 7.05 Å². The fourth-order valence-electron chi connectivity index (χ4n) is 3.15. The zero-order chi connectivity index (χ0) is 14.8. The summed E-state index contributed by atoms with van der Waals surface area (Å²) in [6.07, 6.45) is 3.80. The molecule has 1 aromatic heterocycles. The van der Waals surface area contributed by atoms with Crippen molar-refractivity contribution in [3.05, 3.63) is 35.9 Å². The minimum atomic E-state index is 0.663. The molecule has 4 nitrogen and oxygen atoms in total. The van der Waals surface area contributed by atoms with Gasteiger partial charge in [0.2, 0.25) is 0 Å². The van der Waals surface area contributed by atoms with E-state index >= 15 is 0 Å². The molecule has 0 saturated carbocycles. The predicted octanol–water partition coefficient (Wildman–Crippen LogP) is 2.87. The fourth-order valence-corrected chi connectivity index (χ4v) is 3.15. The van der Waals surface area contributed by atoms with Crippen LogP contribution in [0.1, 0.15) is 30.7 Å². The van der Waals surface area contributed by atoms with Crippen LogP contribution in [0, 0.1) is 0 Å². The lowest BCUT2D eigenvalue weighted by Crippen LogP contribution is -2.18. The highest BCUT2D eigenvalue weighted by molar-refractivity contribution is 5.63. The fraction of sp³-hybridized carbons (Fsp3) is 0.471. The highest BCUT2D eigenvalue weighted by Gasteiger charge is 2.17. The van der Waals surface area contributed by atoms with Crippen molar-refractivity contribution in [3.63, 3.8) is 0 Å². The molecule has 1 atom stereocenters. The molecule has 112 valence electrons. The molecule has 2 heterocycles. The van der Waals surface area contributed by atoms with Gasteiger partial charge in [0.1, 0.15) is 5.82 Å². The summed E-state index contributed by atoms with van der Waals surface area (Å²) in [7, 11) is 4.10. The number of rotatable bonds is 2. The molecular formula is C17H24N4. The SMILES string of the molecule is CN1CCCC(c2cccc(-c3cc(N)n(C)n3)c2)CC1. The molecule has 0 bridgehead atoms. The zero-order valence-electron chi connectivity index (χ0n) is 12.9. The smallest absolute Gasteiger partial charge is 0.121 e. The topological polar surface area (TPSA) is 47.1 Å². The highest BCUT2D eigenvalue weighted by atomic mass is 15.3. The Labute approximate surface area is 126 Å². The van der Waals surface area contributed by atoms with Gasteiger partial charge in [-0.05, 0) is 56.9 Å². The average Bonchev–Trinajstić information content (AvgIpc) is 2.69. The molecule has 0 spiro atoms. The molecular weight excluding hydrogens is 260 g/mol. The maximum atomic E-state index is 5.89. The maximum Gasteiger partial charge on any atom is 0.121 e. The van der Waals surface area contributed by atoms with E-state index < -0.39 is 0 Å². The van der Waals surface area contributed by atoms with Gasteiger partial charge in [0.05, 0.1) is 5.69 Å². The quantitative estimate of drug-likeness (QED) is 0.922. The number of anilines is 1. The second kappa shape index (κ2) is 5.90. The standard InChI is InChI=1S/C17H24N4/c1-20-9-4-7-13(8-10-20)14-5-3-6-15(11-14)16-12-17(18)21(2)19-16/h3,5-6,11-13H,4,7-10,18H2,1-2H3. The Morgan fingerprint density at radius 3 is 2.76 bits per heavy atom. The number of hydrogen-bond donors (Lipinski definition) is 1. The summed E-state index contributed by atoms with van der Waals surface area (Å²) in [6, 6.07) is 10.8. The first-order valence-electron chi connectivity index (χ1n) is 7.72. The van der Waals surface area contributed by atoms with Crippen LogP contribution in [-0.4, -0.2) is 34.8 Å². The number of hydrogen-bond acceptors (Lipinski definition) is 3. The van der Waals surface area contributed by atoms with E-state index in [1.54, 1.807) is 4.68 Å². The third-order valence-electron chi connectivity index (χ3n) is 4.52. The van der Waals surface area contributed by atoms with Crippen LogP contribution in [0.4, 0.5) is 5.82 Å². The summed E-state index contributed by atoms with van der Waals surface area (Å²) in [5.41, 5.74) is 9.45. The van der Waals surface area contributed by atoms with E-state index in [9.17, 15) is 0 Å². The Morgan fingerprint density at radius 2 is 2.00 bits per heavy atom. The molecule has 1 aromatic carbocycles. The van der Waals surface area contributed by atoms with Gasteiger partial charge >= 0.3 is 0 Å². The first-order chi connectivity index (χ1) is 10.1. The molecule has 1 aliphatic rings. The lowest BCUT2D eigenvalue weighted by molar-refractivity contribution is 0.347. The molecule has 2 aromatic rings. The van der Waals surface area contributed by atoms with Crippen molar-refractivity contribution >= 4 is 5.82 Å². The molecule has 3 rings (SSSR count). The van der Waals surface area contributed by atoms with E-state index in [-0.39, 0.29) is 0 Å². The van der Waals surface area contributed by atoms with Crippen molar-refractivity contribution in [1.29, 1.82) is 0 Å². The molecule has 0 radical (unpaired) electrons. The van der Waals surface area contributed by atoms with Crippen LogP contribution in [0.2, 0.25) is 0 Å². The van der Waals surface area contributed by atoms with Gasteiger partial charge in [-0.3, -0.25) is 4.68 Å². The van der Waals surface area contributed by atoms with Gasteiger partial charge in [-0.1, -0.05) is 18.2 Å². The lowest BCUT2D eigenvalue weighted by Gasteiger charge is -2.16. The van der Waals surface area contributed by atoms with E-state index in [4.69, 9.17) is 5.73 Å². The van der Waals surface area contributed by atoms with Gasteiger partial charge in [0, 0.05) is 18.7 Å². The highest BCUT2D eigenvalue weighted by Crippen LogP contribution is 2.30. The molecule has 2 N–H and O–H groups in total. The van der Waals surface area contributed by atoms with Gasteiger partial charge in [0.25, 0.3) is 0 Å². The number of nitrogens with zero attached hydrogens (tertiary/aromatic N) is 3. The summed E-state index contributed by atoms with van der Waals surface area (Å²) in [4.78, 5) is 2.43. The molecule has 1 aliphatic heterocycles. The van der Waals surface area contributed by atoms with Crippen LogP contribution < -0.4 is 5.73 Å². The largest absolute Gasteiger partial charge is 0.384 e. The number of likely N-dealkylation sites (tertiary alicyclic amines) is 1. The number of aryl methyl sites for hydroxylation is 1. The number of aromatic nitrogens is 2. The van der Waals surface area contributed by atoms with Crippen LogP contribution >= 0.6 is 0 Å². The maximum absolute atomic E-state index is 5.89. The molecule has 0 amide bonds. The van der Waals surface area contributed by atoms with E-state index in [0.29, 0.717) is 11.7 Å². The second-order valence-corrected chi connectivity index (χ2v) is 6.13. The Bertz CT molecular complexity index is 598. The third-order valence-corrected chi connectivity index (χ3v) is 4.52. The predicted molar refractivity (Wildman–Crippen MR) is 87.1 cm³/mol. The van der Waals surface area contributed by atoms with Crippen molar-refractivity contribution in [2.24, 2.45) is 7.05 Å². The van der Waals surface area contributed by atoms with Crippen molar-refractivity contribution < 1.29 is 0 Å². The van der Waals surface area contributed by atoms with Crippen LogP contribution in [0.15, 0.2) is 30.3 Å². The number of nitrogens with two attached hydrogens (primary N) is 1. The molecule has 4 heteroatoms. The summed E-state index contributed by atoms with van der Waals surface area (Å²) in [6.45, 7) is 2.40. The van der Waals surface area contributed by atoms with E-state index in [1.165, 1.54) is 37.9 Å². The monoisotopic (exact) mass is 284 g/mol. The summed E-state index contributed by atoms with van der Waals surface area (Å²) >= 11 is 0. The first-order valence-corrected chi connectivity index (χ1v) is 7.72. The van der Waals surface area contributed by atoms with Gasteiger partial charge in [-0.15, -0.1) is 0 Å². The van der Waals surface area contributed by atoms with Gasteiger partial charge in [-0.25, -0.2) is 0 Å². The Morgan fingerprint density at radius 1 is 1.14 bits per heavy atom. The van der Waals surface area contributed by atoms with Gasteiger partial charge < -0.3 is 10.6 Å². The van der Waals surface area contributed by atoms with Crippen molar-refractivity contribution in [3.8, 4) is 11.3 Å². The molecule has 0 aliphatic carbocycles. The number of benzene rings is 1. The molecule has 1 saturated heterocycles. The van der Waals surface area contributed by atoms with Crippen LogP contribution in [0.3, 0.4) is 0 Å². The van der Waals surface area contributed by atoms with Crippen LogP contribution in [0.25, 0.3) is 11.3 Å². The van der Waals surface area contributed by atoms with Crippen LogP contribution in [0.5, 0.6) is 0 Å². The normalized spacial score (nSPS) is 20.4. The summed E-state index contributed by atoms with van der Waals surface area (Å²) < 4.78 is 1.72. The number of nitrogen functional groups attached to an aromatic ring is 1. The molecule has 21 heavy (non-hydrogen) atoms. The molecule has 1 fully saturated rings. The Kier molecular flexibility index (Phi) is 3.97.